The first-order valence-corrected chi connectivity index (χ1v) is 9.27. The van der Waals surface area contributed by atoms with Crippen molar-refractivity contribution in [3.05, 3.63) is 12.2 Å². The predicted molar refractivity (Wildman–Crippen MR) is 115 cm³/mol. The molecule has 25 heavy (non-hydrogen) atoms. The minimum atomic E-state index is 0. The Kier molecular flexibility index (Phi) is 10.4. The highest BCUT2D eigenvalue weighted by Gasteiger charge is 2.30. The van der Waals surface area contributed by atoms with E-state index >= 15 is 0 Å². The Morgan fingerprint density at radius 1 is 1.32 bits per heavy atom. The predicted octanol–water partition coefficient (Wildman–Crippen LogP) is 1.82. The number of amides is 1. The van der Waals surface area contributed by atoms with Crippen molar-refractivity contribution in [2.45, 2.75) is 51.1 Å². The Morgan fingerprint density at radius 3 is 2.68 bits per heavy atom. The fourth-order valence-electron chi connectivity index (χ4n) is 3.38. The molecule has 0 aromatic heterocycles. The molecule has 1 aliphatic heterocycles. The van der Waals surface area contributed by atoms with E-state index in [1.807, 2.05) is 14.1 Å². The molecule has 7 heteroatoms. The van der Waals surface area contributed by atoms with Crippen LogP contribution < -0.4 is 10.6 Å². The summed E-state index contributed by atoms with van der Waals surface area (Å²) in [7, 11) is 3.69. The van der Waals surface area contributed by atoms with Gasteiger partial charge in [-0.2, -0.15) is 0 Å². The second kappa shape index (κ2) is 11.7. The van der Waals surface area contributed by atoms with Gasteiger partial charge in [0.25, 0.3) is 0 Å². The van der Waals surface area contributed by atoms with Crippen LogP contribution in [0.15, 0.2) is 17.1 Å². The molecule has 2 N–H and O–H groups in total. The molecule has 0 bridgehead atoms. The summed E-state index contributed by atoms with van der Waals surface area (Å²) in [5.41, 5.74) is 0. The van der Waals surface area contributed by atoms with Crippen LogP contribution in [-0.4, -0.2) is 74.0 Å². The van der Waals surface area contributed by atoms with Crippen LogP contribution in [0.1, 0.15) is 39.0 Å². The molecule has 144 valence electrons. The van der Waals surface area contributed by atoms with E-state index in [0.717, 1.165) is 64.2 Å². The lowest BCUT2D eigenvalue weighted by molar-refractivity contribution is -0.133. The van der Waals surface area contributed by atoms with Gasteiger partial charge in [0.15, 0.2) is 5.96 Å². The van der Waals surface area contributed by atoms with Gasteiger partial charge in [-0.25, -0.2) is 0 Å². The van der Waals surface area contributed by atoms with Crippen LogP contribution in [0.25, 0.3) is 0 Å². The van der Waals surface area contributed by atoms with Crippen LogP contribution in [0.4, 0.5) is 0 Å². The average molecular weight is 463 g/mol. The first kappa shape index (κ1) is 22.2. The van der Waals surface area contributed by atoms with Crippen molar-refractivity contribution < 1.29 is 4.79 Å². The van der Waals surface area contributed by atoms with Gasteiger partial charge in [0, 0.05) is 39.8 Å². The third-order valence-electron chi connectivity index (χ3n) is 4.66. The largest absolute Gasteiger partial charge is 0.357 e. The first-order valence-electron chi connectivity index (χ1n) is 9.27. The normalized spacial score (nSPS) is 21.2. The molecule has 1 unspecified atom stereocenters. The number of carbonyl (C=O) groups is 1. The van der Waals surface area contributed by atoms with Crippen LogP contribution in [0.2, 0.25) is 0 Å². The van der Waals surface area contributed by atoms with Crippen LogP contribution in [0, 0.1) is 0 Å². The zero-order valence-electron chi connectivity index (χ0n) is 15.8. The minimum Gasteiger partial charge on any atom is -0.357 e. The first-order chi connectivity index (χ1) is 11.6. The second-order valence-electron chi connectivity index (χ2n) is 6.82. The molecule has 0 radical (unpaired) electrons. The van der Waals surface area contributed by atoms with E-state index in [9.17, 15) is 4.79 Å². The quantitative estimate of drug-likeness (QED) is 0.199. The van der Waals surface area contributed by atoms with Crippen molar-refractivity contribution in [2.24, 2.45) is 4.99 Å². The van der Waals surface area contributed by atoms with Gasteiger partial charge < -0.3 is 15.5 Å². The number of likely N-dealkylation sites (tertiary alicyclic amines) is 1. The topological polar surface area (TPSA) is 60.0 Å². The maximum Gasteiger partial charge on any atom is 0.239 e. The molecule has 1 atom stereocenters. The van der Waals surface area contributed by atoms with Crippen LogP contribution in [0.3, 0.4) is 0 Å². The number of nitrogens with one attached hydrogen (secondary N) is 2. The van der Waals surface area contributed by atoms with Crippen molar-refractivity contribution in [3.63, 3.8) is 0 Å². The maximum absolute atomic E-state index is 12.2. The Bertz CT molecular complexity index is 458. The Labute approximate surface area is 169 Å². The number of hydrogen-bond donors (Lipinski definition) is 2. The van der Waals surface area contributed by atoms with Crippen LogP contribution in [-0.2, 0) is 4.79 Å². The van der Waals surface area contributed by atoms with Gasteiger partial charge in [-0.1, -0.05) is 12.2 Å². The van der Waals surface area contributed by atoms with Gasteiger partial charge in [0.1, 0.15) is 0 Å². The molecule has 0 aromatic carbocycles. The molecule has 2 aliphatic rings. The SMILES string of the molecule is CCNC(=NCCCN1CCCC1C(=O)N(C)C)NC1CC=CC1.I. The molecule has 2 rings (SSSR count). The van der Waals surface area contributed by atoms with E-state index < -0.39 is 0 Å². The smallest absolute Gasteiger partial charge is 0.239 e. The van der Waals surface area contributed by atoms with Crippen molar-refractivity contribution in [3.8, 4) is 0 Å². The molecule has 1 saturated heterocycles. The van der Waals surface area contributed by atoms with E-state index in [1.54, 1.807) is 4.90 Å². The van der Waals surface area contributed by atoms with Gasteiger partial charge in [-0.3, -0.25) is 14.7 Å². The standard InChI is InChI=1S/C18H33N5O.HI/c1-4-19-18(21-15-9-5-6-10-15)20-12-8-14-23-13-7-11-16(23)17(24)22(2)3;/h5-6,15-16H,4,7-14H2,1-3H3,(H2,19,20,21);1H. The van der Waals surface area contributed by atoms with E-state index in [1.165, 1.54) is 0 Å². The number of carbonyl (C=O) groups excluding carboxylic acids is 1. The molecule has 1 heterocycles. The summed E-state index contributed by atoms with van der Waals surface area (Å²) in [5.74, 6) is 1.15. The summed E-state index contributed by atoms with van der Waals surface area (Å²) in [4.78, 5) is 20.9. The highest BCUT2D eigenvalue weighted by Crippen LogP contribution is 2.18. The van der Waals surface area contributed by atoms with E-state index in [2.05, 4.69) is 39.6 Å². The third-order valence-corrected chi connectivity index (χ3v) is 4.66. The third kappa shape index (κ3) is 7.13. The summed E-state index contributed by atoms with van der Waals surface area (Å²) >= 11 is 0. The summed E-state index contributed by atoms with van der Waals surface area (Å²) < 4.78 is 0. The monoisotopic (exact) mass is 463 g/mol. The number of hydrogen-bond acceptors (Lipinski definition) is 3. The average Bonchev–Trinajstić information content (AvgIpc) is 3.22. The van der Waals surface area contributed by atoms with Gasteiger partial charge in [-0.15, -0.1) is 24.0 Å². The zero-order valence-corrected chi connectivity index (χ0v) is 18.2. The lowest BCUT2D eigenvalue weighted by Crippen LogP contribution is -2.43. The second-order valence-corrected chi connectivity index (χ2v) is 6.82. The number of likely N-dealkylation sites (N-methyl/N-ethyl adjacent to an activating group) is 1. The Hall–Kier alpha value is -0.830. The highest BCUT2D eigenvalue weighted by atomic mass is 127. The number of aliphatic imine (C=N–C) groups is 1. The molecule has 1 amide bonds. The number of rotatable bonds is 7. The zero-order chi connectivity index (χ0) is 17.4. The Balaban J connectivity index is 0.00000312. The fourth-order valence-corrected chi connectivity index (χ4v) is 3.38. The van der Waals surface area contributed by atoms with Crippen molar-refractivity contribution >= 4 is 35.8 Å². The molecular formula is C18H34IN5O. The van der Waals surface area contributed by atoms with Crippen LogP contribution in [0.5, 0.6) is 0 Å². The number of nitrogens with zero attached hydrogens (tertiary/aromatic N) is 3. The molecule has 6 nitrogen and oxygen atoms in total. The van der Waals surface area contributed by atoms with Crippen molar-refractivity contribution in [2.75, 3.05) is 40.3 Å². The van der Waals surface area contributed by atoms with E-state index in [4.69, 9.17) is 0 Å². The van der Waals surface area contributed by atoms with Gasteiger partial charge in [-0.05, 0) is 45.6 Å². The molecule has 0 saturated carbocycles. The van der Waals surface area contributed by atoms with Crippen LogP contribution >= 0.6 is 24.0 Å². The van der Waals surface area contributed by atoms with Gasteiger partial charge >= 0.3 is 0 Å². The molecular weight excluding hydrogens is 429 g/mol. The van der Waals surface area contributed by atoms with Crippen molar-refractivity contribution in [1.29, 1.82) is 0 Å². The summed E-state index contributed by atoms with van der Waals surface area (Å²) in [5, 5.41) is 6.81. The number of guanidine groups is 1. The fraction of sp³-hybridized carbons (Fsp3) is 0.778. The summed E-state index contributed by atoms with van der Waals surface area (Å²) in [6.45, 7) is 5.72. The summed E-state index contributed by atoms with van der Waals surface area (Å²) in [6, 6.07) is 0.545. The Morgan fingerprint density at radius 2 is 2.04 bits per heavy atom. The lowest BCUT2D eigenvalue weighted by Gasteiger charge is -2.25. The molecule has 0 aromatic rings. The van der Waals surface area contributed by atoms with Gasteiger partial charge in [0.05, 0.1) is 6.04 Å². The molecule has 0 spiro atoms. The molecule has 1 fully saturated rings. The number of halogens is 1. The van der Waals surface area contributed by atoms with Gasteiger partial charge in [0.2, 0.25) is 5.91 Å². The van der Waals surface area contributed by atoms with Crippen molar-refractivity contribution in [1.82, 2.24) is 20.4 Å². The minimum absolute atomic E-state index is 0. The molecule has 1 aliphatic carbocycles. The highest BCUT2D eigenvalue weighted by molar-refractivity contribution is 14.0. The lowest BCUT2D eigenvalue weighted by atomic mass is 10.2. The van der Waals surface area contributed by atoms with E-state index in [-0.39, 0.29) is 35.9 Å². The van der Waals surface area contributed by atoms with E-state index in [0.29, 0.717) is 6.04 Å². The maximum atomic E-state index is 12.2. The summed E-state index contributed by atoms with van der Waals surface area (Å²) in [6.07, 6.45) is 9.67.